The highest BCUT2D eigenvalue weighted by molar-refractivity contribution is 5.07. The molecule has 0 unspecified atom stereocenters. The van der Waals surface area contributed by atoms with Crippen molar-refractivity contribution in [2.45, 2.75) is 24.4 Å². The van der Waals surface area contributed by atoms with Gasteiger partial charge in [0.25, 0.3) is 0 Å². The van der Waals surface area contributed by atoms with Gasteiger partial charge >= 0.3 is 0 Å². The highest BCUT2D eigenvalue weighted by atomic mass is 16.4. The van der Waals surface area contributed by atoms with E-state index in [1.165, 1.54) is 12.2 Å². The van der Waals surface area contributed by atoms with Crippen LogP contribution < -0.4 is 0 Å². The topological polar surface area (TPSA) is 80.9 Å². The molecule has 0 fully saturated rings. The van der Waals surface area contributed by atoms with Gasteiger partial charge in [-0.15, -0.1) is 0 Å². The summed E-state index contributed by atoms with van der Waals surface area (Å²) in [5.41, 5.74) is 0. The fourth-order valence-electron chi connectivity index (χ4n) is 0.859. The van der Waals surface area contributed by atoms with Crippen molar-refractivity contribution < 1.29 is 20.4 Å². The fourth-order valence-corrected chi connectivity index (χ4v) is 0.859. The van der Waals surface area contributed by atoms with Crippen LogP contribution in [0.5, 0.6) is 0 Å². The lowest BCUT2D eigenvalue weighted by molar-refractivity contribution is -0.0884. The maximum absolute atomic E-state index is 8.91. The first-order valence-electron chi connectivity index (χ1n) is 3.03. The largest absolute Gasteiger partial charge is 0.387 e. The normalized spacial score (nSPS) is 47.6. The summed E-state index contributed by atoms with van der Waals surface area (Å²) in [5.74, 6) is 0. The van der Waals surface area contributed by atoms with E-state index < -0.39 is 24.4 Å². The second kappa shape index (κ2) is 2.67. The molecule has 0 aromatic rings. The van der Waals surface area contributed by atoms with Gasteiger partial charge in [-0.05, 0) is 0 Å². The molecule has 58 valence electrons. The minimum absolute atomic E-state index is 1.07. The second-order valence-corrected chi connectivity index (χ2v) is 2.35. The Morgan fingerprint density at radius 2 is 1.00 bits per heavy atom. The third-order valence-corrected chi connectivity index (χ3v) is 1.56. The van der Waals surface area contributed by atoms with Gasteiger partial charge in [-0.25, -0.2) is 0 Å². The lowest BCUT2D eigenvalue weighted by Crippen LogP contribution is -2.46. The average Bonchev–Trinajstić information content (AvgIpc) is 1.93. The van der Waals surface area contributed by atoms with Gasteiger partial charge in [0.1, 0.15) is 24.4 Å². The van der Waals surface area contributed by atoms with Crippen LogP contribution in [0.2, 0.25) is 0 Å². The molecule has 4 heteroatoms. The summed E-state index contributed by atoms with van der Waals surface area (Å²) in [7, 11) is 0. The van der Waals surface area contributed by atoms with Crippen molar-refractivity contribution in [1.82, 2.24) is 0 Å². The van der Waals surface area contributed by atoms with Gasteiger partial charge in [0.15, 0.2) is 0 Å². The van der Waals surface area contributed by atoms with E-state index in [2.05, 4.69) is 0 Å². The van der Waals surface area contributed by atoms with Crippen molar-refractivity contribution >= 4 is 0 Å². The highest BCUT2D eigenvalue weighted by Gasteiger charge is 2.31. The summed E-state index contributed by atoms with van der Waals surface area (Å²) >= 11 is 0. The molecule has 1 aliphatic rings. The number of aliphatic hydroxyl groups excluding tert-OH is 4. The van der Waals surface area contributed by atoms with E-state index in [1.54, 1.807) is 0 Å². The number of rotatable bonds is 0. The van der Waals surface area contributed by atoms with Crippen LogP contribution in [-0.4, -0.2) is 44.8 Å². The van der Waals surface area contributed by atoms with Gasteiger partial charge in [0, 0.05) is 0 Å². The van der Waals surface area contributed by atoms with E-state index in [-0.39, 0.29) is 0 Å². The summed E-state index contributed by atoms with van der Waals surface area (Å²) in [6.07, 6.45) is -2.19. The lowest BCUT2D eigenvalue weighted by Gasteiger charge is -2.27. The molecule has 0 bridgehead atoms. The molecule has 4 nitrogen and oxygen atoms in total. The van der Waals surface area contributed by atoms with Gasteiger partial charge in [-0.3, -0.25) is 0 Å². The van der Waals surface area contributed by atoms with Crippen molar-refractivity contribution in [3.05, 3.63) is 12.2 Å². The van der Waals surface area contributed by atoms with Gasteiger partial charge in [0.05, 0.1) is 0 Å². The summed E-state index contributed by atoms with van der Waals surface area (Å²) in [6.45, 7) is 0. The van der Waals surface area contributed by atoms with Crippen LogP contribution in [0.1, 0.15) is 0 Å². The first kappa shape index (κ1) is 7.68. The minimum atomic E-state index is -1.28. The zero-order chi connectivity index (χ0) is 7.72. The predicted octanol–water partition coefficient (Wildman–Crippen LogP) is -2.00. The van der Waals surface area contributed by atoms with Crippen LogP contribution in [0.4, 0.5) is 0 Å². The fraction of sp³-hybridized carbons (Fsp3) is 0.667. The Bertz CT molecular complexity index is 129. The molecule has 0 amide bonds. The third kappa shape index (κ3) is 1.19. The van der Waals surface area contributed by atoms with Crippen LogP contribution >= 0.6 is 0 Å². The van der Waals surface area contributed by atoms with Crippen LogP contribution in [0, 0.1) is 0 Å². The van der Waals surface area contributed by atoms with Gasteiger partial charge < -0.3 is 20.4 Å². The summed E-state index contributed by atoms with van der Waals surface area (Å²) in [5, 5.41) is 35.5. The molecule has 0 heterocycles. The summed E-state index contributed by atoms with van der Waals surface area (Å²) in [6, 6.07) is 0. The van der Waals surface area contributed by atoms with E-state index in [1.807, 2.05) is 0 Å². The second-order valence-electron chi connectivity index (χ2n) is 2.35. The van der Waals surface area contributed by atoms with Crippen molar-refractivity contribution in [2.24, 2.45) is 0 Å². The quantitative estimate of drug-likeness (QED) is 0.298. The predicted molar refractivity (Wildman–Crippen MR) is 33.2 cm³/mol. The maximum atomic E-state index is 8.91. The van der Waals surface area contributed by atoms with E-state index in [4.69, 9.17) is 20.4 Å². The van der Waals surface area contributed by atoms with Crippen molar-refractivity contribution in [1.29, 1.82) is 0 Å². The summed E-state index contributed by atoms with van der Waals surface area (Å²) < 4.78 is 0. The molecule has 4 N–H and O–H groups in total. The van der Waals surface area contributed by atoms with E-state index >= 15 is 0 Å². The maximum Gasteiger partial charge on any atom is 0.112 e. The van der Waals surface area contributed by atoms with Gasteiger partial charge in [0.2, 0.25) is 0 Å². The zero-order valence-corrected chi connectivity index (χ0v) is 5.25. The third-order valence-electron chi connectivity index (χ3n) is 1.56. The molecule has 0 radical (unpaired) electrons. The zero-order valence-electron chi connectivity index (χ0n) is 5.25. The van der Waals surface area contributed by atoms with Crippen LogP contribution in [0.3, 0.4) is 0 Å². The molecule has 0 aromatic heterocycles. The first-order chi connectivity index (χ1) is 4.63. The Labute approximate surface area is 58.0 Å². The molecular formula is C6H10O4. The molecule has 1 rings (SSSR count). The SMILES string of the molecule is O[C@H]1[C@H](O)[C@@H](O)C=C[C@@H]1O. The van der Waals surface area contributed by atoms with Crippen LogP contribution in [0.25, 0.3) is 0 Å². The molecule has 0 saturated heterocycles. The average molecular weight is 146 g/mol. The smallest absolute Gasteiger partial charge is 0.112 e. The molecular weight excluding hydrogens is 136 g/mol. The molecule has 4 atom stereocenters. The van der Waals surface area contributed by atoms with E-state index in [9.17, 15) is 0 Å². The molecule has 0 saturated carbocycles. The molecule has 0 aromatic carbocycles. The van der Waals surface area contributed by atoms with Gasteiger partial charge in [-0.1, -0.05) is 12.2 Å². The monoisotopic (exact) mass is 146 g/mol. The Balaban J connectivity index is 2.69. The number of hydrogen-bond acceptors (Lipinski definition) is 4. The Kier molecular flexibility index (Phi) is 2.05. The molecule has 10 heavy (non-hydrogen) atoms. The molecule has 1 aliphatic carbocycles. The Hall–Kier alpha value is -0.420. The van der Waals surface area contributed by atoms with E-state index in [0.29, 0.717) is 0 Å². The highest BCUT2D eigenvalue weighted by Crippen LogP contribution is 2.12. The Morgan fingerprint density at radius 3 is 1.30 bits per heavy atom. The Morgan fingerprint density at radius 1 is 0.700 bits per heavy atom. The molecule has 0 spiro atoms. The first-order valence-corrected chi connectivity index (χ1v) is 3.03. The van der Waals surface area contributed by atoms with Crippen molar-refractivity contribution in [3.63, 3.8) is 0 Å². The van der Waals surface area contributed by atoms with Crippen LogP contribution in [-0.2, 0) is 0 Å². The summed E-state index contributed by atoms with van der Waals surface area (Å²) in [4.78, 5) is 0. The van der Waals surface area contributed by atoms with Gasteiger partial charge in [-0.2, -0.15) is 0 Å². The molecule has 0 aliphatic heterocycles. The minimum Gasteiger partial charge on any atom is -0.387 e. The lowest BCUT2D eigenvalue weighted by atomic mass is 9.97. The van der Waals surface area contributed by atoms with Crippen molar-refractivity contribution in [2.75, 3.05) is 0 Å². The van der Waals surface area contributed by atoms with E-state index in [0.717, 1.165) is 0 Å². The van der Waals surface area contributed by atoms with Crippen molar-refractivity contribution in [3.8, 4) is 0 Å². The van der Waals surface area contributed by atoms with Crippen LogP contribution in [0.15, 0.2) is 12.2 Å². The number of hydrogen-bond donors (Lipinski definition) is 4. The number of aliphatic hydroxyl groups is 4. The standard InChI is InChI=1S/C6H10O4/c7-3-1-2-4(8)6(10)5(3)9/h1-10H/t3-,4-,5+,6+/m0/s1.